The third kappa shape index (κ3) is 4.40. The van der Waals surface area contributed by atoms with Crippen molar-refractivity contribution in [1.29, 1.82) is 0 Å². The molecule has 0 aliphatic carbocycles. The summed E-state index contributed by atoms with van der Waals surface area (Å²) in [6.45, 7) is 0.577. The molecule has 1 aromatic heterocycles. The summed E-state index contributed by atoms with van der Waals surface area (Å²) in [7, 11) is 0. The largest absolute Gasteiger partial charge is 0.452 e. The molecular weight excluding hydrogens is 413 g/mol. The molecule has 1 amide bonds. The first-order chi connectivity index (χ1) is 13.8. The SMILES string of the molecule is Cc1onc(-c2c(F)cccc2Cl)c1C(=O)OCC(=O)Nc1cc(F)ccc1F. The van der Waals surface area contributed by atoms with Crippen LogP contribution >= 0.6 is 11.6 Å². The van der Waals surface area contributed by atoms with Crippen molar-refractivity contribution in [3.63, 3.8) is 0 Å². The molecule has 0 aliphatic rings. The van der Waals surface area contributed by atoms with Crippen LogP contribution in [0.4, 0.5) is 18.9 Å². The highest BCUT2D eigenvalue weighted by Crippen LogP contribution is 2.33. The Hall–Kier alpha value is -3.33. The molecule has 10 heteroatoms. The molecule has 0 saturated heterocycles. The molecule has 0 atom stereocenters. The van der Waals surface area contributed by atoms with Gasteiger partial charge in [-0.05, 0) is 31.2 Å². The Morgan fingerprint density at radius 2 is 1.93 bits per heavy atom. The highest BCUT2D eigenvalue weighted by atomic mass is 35.5. The highest BCUT2D eigenvalue weighted by Gasteiger charge is 2.27. The summed E-state index contributed by atoms with van der Waals surface area (Å²) in [6.07, 6.45) is 0. The maximum Gasteiger partial charge on any atom is 0.344 e. The van der Waals surface area contributed by atoms with Gasteiger partial charge in [0.1, 0.15) is 34.5 Å². The van der Waals surface area contributed by atoms with E-state index in [2.05, 4.69) is 10.5 Å². The third-order valence-corrected chi connectivity index (χ3v) is 4.12. The van der Waals surface area contributed by atoms with Crippen LogP contribution in [0.1, 0.15) is 16.1 Å². The molecule has 1 heterocycles. The van der Waals surface area contributed by atoms with Crippen LogP contribution in [-0.4, -0.2) is 23.6 Å². The number of aryl methyl sites for hydroxylation is 1. The molecular formula is C19H12ClF3N2O4. The van der Waals surface area contributed by atoms with E-state index >= 15 is 0 Å². The van der Waals surface area contributed by atoms with Crippen LogP contribution in [-0.2, 0) is 9.53 Å². The van der Waals surface area contributed by atoms with E-state index in [0.717, 1.165) is 24.3 Å². The lowest BCUT2D eigenvalue weighted by Crippen LogP contribution is -2.22. The van der Waals surface area contributed by atoms with Crippen molar-refractivity contribution in [1.82, 2.24) is 5.16 Å². The molecule has 0 spiro atoms. The van der Waals surface area contributed by atoms with Gasteiger partial charge in [-0.2, -0.15) is 0 Å². The Balaban J connectivity index is 1.76. The summed E-state index contributed by atoms with van der Waals surface area (Å²) < 4.78 is 50.7. The van der Waals surface area contributed by atoms with Crippen LogP contribution in [0.5, 0.6) is 0 Å². The van der Waals surface area contributed by atoms with Crippen LogP contribution in [0.2, 0.25) is 5.02 Å². The molecule has 0 radical (unpaired) electrons. The lowest BCUT2D eigenvalue weighted by atomic mass is 10.1. The molecule has 1 N–H and O–H groups in total. The fourth-order valence-electron chi connectivity index (χ4n) is 2.49. The Bertz CT molecular complexity index is 1080. The van der Waals surface area contributed by atoms with Crippen molar-refractivity contribution in [3.05, 3.63) is 70.2 Å². The predicted octanol–water partition coefficient (Wildman–Crippen LogP) is 4.52. The minimum Gasteiger partial charge on any atom is -0.452 e. The van der Waals surface area contributed by atoms with Crippen molar-refractivity contribution in [2.24, 2.45) is 0 Å². The van der Waals surface area contributed by atoms with Crippen LogP contribution in [0.15, 0.2) is 40.9 Å². The van der Waals surface area contributed by atoms with E-state index in [1.54, 1.807) is 0 Å². The first kappa shape index (κ1) is 20.4. The zero-order valence-corrected chi connectivity index (χ0v) is 15.5. The number of hydrogen-bond donors (Lipinski definition) is 1. The molecule has 3 aromatic rings. The molecule has 6 nitrogen and oxygen atoms in total. The second-order valence-electron chi connectivity index (χ2n) is 5.81. The number of rotatable bonds is 5. The van der Waals surface area contributed by atoms with E-state index in [1.807, 2.05) is 0 Å². The normalized spacial score (nSPS) is 10.7. The molecule has 0 bridgehead atoms. The number of carbonyl (C=O) groups excluding carboxylic acids is 2. The van der Waals surface area contributed by atoms with Crippen molar-refractivity contribution < 1.29 is 32.0 Å². The first-order valence-electron chi connectivity index (χ1n) is 8.10. The number of aromatic nitrogens is 1. The minimum absolute atomic E-state index is 0.00771. The van der Waals surface area contributed by atoms with Crippen LogP contribution in [0.3, 0.4) is 0 Å². The highest BCUT2D eigenvalue weighted by molar-refractivity contribution is 6.33. The second kappa shape index (κ2) is 8.36. The van der Waals surface area contributed by atoms with Gasteiger partial charge < -0.3 is 14.6 Å². The van der Waals surface area contributed by atoms with Gasteiger partial charge in [0.2, 0.25) is 0 Å². The molecule has 0 fully saturated rings. The number of amides is 1. The standard InChI is InChI=1S/C19H12ClF3N2O4/c1-9-16(18(25-29-9)17-11(20)3-2-4-13(17)23)19(27)28-8-15(26)24-14-7-10(21)5-6-12(14)22/h2-7H,8H2,1H3,(H,24,26). The van der Waals surface area contributed by atoms with Gasteiger partial charge in [0.05, 0.1) is 16.3 Å². The Morgan fingerprint density at radius 1 is 1.17 bits per heavy atom. The number of nitrogens with one attached hydrogen (secondary N) is 1. The zero-order valence-electron chi connectivity index (χ0n) is 14.8. The zero-order chi connectivity index (χ0) is 21.1. The van der Waals surface area contributed by atoms with Gasteiger partial charge in [-0.25, -0.2) is 18.0 Å². The van der Waals surface area contributed by atoms with Gasteiger partial charge in [0, 0.05) is 6.07 Å². The van der Waals surface area contributed by atoms with E-state index in [0.29, 0.717) is 0 Å². The number of nitrogens with zero attached hydrogens (tertiary/aromatic N) is 1. The maximum atomic E-state index is 14.2. The van der Waals surface area contributed by atoms with Gasteiger partial charge in [-0.1, -0.05) is 22.8 Å². The van der Waals surface area contributed by atoms with E-state index in [4.69, 9.17) is 20.9 Å². The number of esters is 1. The fourth-order valence-corrected chi connectivity index (χ4v) is 2.74. The average molecular weight is 425 g/mol. The number of ether oxygens (including phenoxy) is 1. The summed E-state index contributed by atoms with van der Waals surface area (Å²) in [5.41, 5.74) is -0.982. The minimum atomic E-state index is -1.03. The maximum absolute atomic E-state index is 14.2. The number of benzene rings is 2. The molecule has 29 heavy (non-hydrogen) atoms. The van der Waals surface area contributed by atoms with E-state index in [-0.39, 0.29) is 27.6 Å². The third-order valence-electron chi connectivity index (χ3n) is 3.80. The molecule has 0 saturated carbocycles. The summed E-state index contributed by atoms with van der Waals surface area (Å²) in [5, 5.41) is 5.72. The van der Waals surface area contributed by atoms with Gasteiger partial charge in [-0.15, -0.1) is 0 Å². The Labute approximate surface area is 167 Å². The lowest BCUT2D eigenvalue weighted by molar-refractivity contribution is -0.119. The molecule has 0 aliphatic heterocycles. The van der Waals surface area contributed by atoms with Crippen LogP contribution < -0.4 is 5.32 Å². The smallest absolute Gasteiger partial charge is 0.344 e. The van der Waals surface area contributed by atoms with Crippen molar-refractivity contribution in [2.45, 2.75) is 6.92 Å². The molecule has 150 valence electrons. The average Bonchev–Trinajstić information content (AvgIpc) is 3.04. The van der Waals surface area contributed by atoms with E-state index in [9.17, 15) is 22.8 Å². The summed E-state index contributed by atoms with van der Waals surface area (Å²) in [5.74, 6) is -4.29. The molecule has 0 unspecified atom stereocenters. The summed E-state index contributed by atoms with van der Waals surface area (Å²) >= 11 is 5.99. The van der Waals surface area contributed by atoms with Gasteiger partial charge in [-0.3, -0.25) is 4.79 Å². The Kier molecular flexibility index (Phi) is 5.88. The van der Waals surface area contributed by atoms with Crippen molar-refractivity contribution >= 4 is 29.2 Å². The number of halogens is 4. The first-order valence-corrected chi connectivity index (χ1v) is 8.48. The van der Waals surface area contributed by atoms with Gasteiger partial charge in [0.25, 0.3) is 5.91 Å². The number of hydrogen-bond acceptors (Lipinski definition) is 5. The van der Waals surface area contributed by atoms with Gasteiger partial charge >= 0.3 is 5.97 Å². The van der Waals surface area contributed by atoms with Gasteiger partial charge in [0.15, 0.2) is 6.61 Å². The van der Waals surface area contributed by atoms with Crippen LogP contribution in [0, 0.1) is 24.4 Å². The second-order valence-corrected chi connectivity index (χ2v) is 6.21. The number of anilines is 1. The summed E-state index contributed by atoms with van der Waals surface area (Å²) in [4.78, 5) is 24.3. The van der Waals surface area contributed by atoms with E-state index in [1.165, 1.54) is 19.1 Å². The topological polar surface area (TPSA) is 81.4 Å². The molecule has 3 rings (SSSR count). The lowest BCUT2D eigenvalue weighted by Gasteiger charge is -2.08. The van der Waals surface area contributed by atoms with Crippen molar-refractivity contribution in [3.8, 4) is 11.3 Å². The van der Waals surface area contributed by atoms with E-state index < -0.39 is 41.6 Å². The molecule has 2 aromatic carbocycles. The van der Waals surface area contributed by atoms with Crippen LogP contribution in [0.25, 0.3) is 11.3 Å². The fraction of sp³-hybridized carbons (Fsp3) is 0.105. The monoisotopic (exact) mass is 424 g/mol. The summed E-state index contributed by atoms with van der Waals surface area (Å²) in [6, 6.07) is 6.40. The quantitative estimate of drug-likeness (QED) is 0.609. The predicted molar refractivity (Wildman–Crippen MR) is 96.9 cm³/mol. The number of carbonyl (C=O) groups is 2. The van der Waals surface area contributed by atoms with Crippen molar-refractivity contribution in [2.75, 3.05) is 11.9 Å². The Morgan fingerprint density at radius 3 is 2.66 bits per heavy atom.